The van der Waals surface area contributed by atoms with Crippen molar-refractivity contribution in [3.05, 3.63) is 108 Å². The number of carbonyl (C=O) groups excluding carboxylic acids is 2. The Morgan fingerprint density at radius 3 is 1.00 bits per heavy atom. The van der Waals surface area contributed by atoms with Gasteiger partial charge in [-0.1, -0.05) is 40.9 Å². The molecular weight excluding hydrogens is 556 g/mol. The molecule has 0 fully saturated rings. The smallest absolute Gasteiger partial charge is 0.426 e. The molecule has 0 amide bonds. The summed E-state index contributed by atoms with van der Waals surface area (Å²) >= 11 is 0. The number of alkyl halides is 4. The van der Waals surface area contributed by atoms with Crippen molar-refractivity contribution in [1.29, 1.82) is 0 Å². The average Bonchev–Trinajstić information content (AvgIpc) is 2.96. The van der Waals surface area contributed by atoms with Gasteiger partial charge in [-0.15, -0.1) is 0 Å². The van der Waals surface area contributed by atoms with E-state index in [0.717, 1.165) is 48.5 Å². The van der Waals surface area contributed by atoms with Crippen LogP contribution in [0.3, 0.4) is 0 Å². The minimum absolute atomic E-state index is 0.0440. The normalized spacial score (nSPS) is 10.5. The van der Waals surface area contributed by atoms with E-state index in [0.29, 0.717) is 0 Å². The van der Waals surface area contributed by atoms with Crippen LogP contribution in [0.25, 0.3) is 0 Å². The van der Waals surface area contributed by atoms with Gasteiger partial charge in [0.15, 0.2) is 0 Å². The predicted molar refractivity (Wildman–Crippen MR) is 152 cm³/mol. The Morgan fingerprint density at radius 1 is 0.524 bits per heavy atom. The van der Waals surface area contributed by atoms with Crippen LogP contribution in [-0.4, -0.2) is 11.9 Å². The second-order valence-corrected chi connectivity index (χ2v) is 8.10. The van der Waals surface area contributed by atoms with E-state index in [2.05, 4.69) is 13.2 Å². The first-order chi connectivity index (χ1) is 19.8. The fraction of sp³-hybridized carbons (Fsp3) is 0.250. The predicted octanol–water partition coefficient (Wildman–Crippen LogP) is 8.96. The van der Waals surface area contributed by atoms with E-state index in [1.807, 2.05) is 27.7 Å². The highest BCUT2D eigenvalue weighted by molar-refractivity contribution is 5.89. The van der Waals surface area contributed by atoms with E-state index in [4.69, 9.17) is 18.9 Å². The Hall–Kier alpha value is -4.60. The maximum atomic E-state index is 14.6. The number of halogens is 4. The third-order valence-electron chi connectivity index (χ3n) is 4.81. The number of ether oxygens (including phenoxy) is 4. The van der Waals surface area contributed by atoms with Gasteiger partial charge in [-0.05, 0) is 86.6 Å². The molecule has 3 aromatic carbocycles. The van der Waals surface area contributed by atoms with Gasteiger partial charge in [0.2, 0.25) is 0 Å². The highest BCUT2D eigenvalue weighted by atomic mass is 19.3. The van der Waals surface area contributed by atoms with Crippen LogP contribution in [0.4, 0.5) is 17.6 Å². The Balaban J connectivity index is 0.00000211. The number of hydrogen-bond acceptors (Lipinski definition) is 6. The van der Waals surface area contributed by atoms with Crippen LogP contribution in [0.2, 0.25) is 0 Å². The lowest BCUT2D eigenvalue weighted by Gasteiger charge is -2.20. The van der Waals surface area contributed by atoms with E-state index in [9.17, 15) is 27.2 Å². The molecule has 0 aliphatic carbocycles. The molecule has 42 heavy (non-hydrogen) atoms. The van der Waals surface area contributed by atoms with Crippen LogP contribution in [0.15, 0.2) is 97.1 Å². The molecule has 0 unspecified atom stereocenters. The van der Waals surface area contributed by atoms with Crippen molar-refractivity contribution in [2.45, 2.75) is 53.8 Å². The molecule has 0 heterocycles. The average molecular weight is 591 g/mol. The second-order valence-electron chi connectivity index (χ2n) is 8.10. The van der Waals surface area contributed by atoms with E-state index < -0.39 is 35.3 Å². The first-order valence-corrected chi connectivity index (χ1v) is 13.0. The SMILES string of the molecule is C=C(C)C(=O)Oc1ccc(C(F)(F)Oc2ccc(OC(F)(F)c3ccc(OC(=O)C(=C)C)cc3)cc2)cc1.CC.CC. The van der Waals surface area contributed by atoms with Crippen LogP contribution in [0, 0.1) is 0 Å². The first-order valence-electron chi connectivity index (χ1n) is 13.0. The molecule has 0 aromatic heterocycles. The number of rotatable bonds is 10. The zero-order valence-electron chi connectivity index (χ0n) is 24.3. The third-order valence-corrected chi connectivity index (χ3v) is 4.81. The number of carbonyl (C=O) groups is 2. The number of hydrogen-bond donors (Lipinski definition) is 0. The lowest BCUT2D eigenvalue weighted by Crippen LogP contribution is -2.22. The molecule has 3 aromatic rings. The van der Waals surface area contributed by atoms with E-state index in [1.54, 1.807) is 0 Å². The Bertz CT molecular complexity index is 1230. The number of esters is 2. The molecule has 0 N–H and O–H groups in total. The zero-order valence-corrected chi connectivity index (χ0v) is 24.3. The summed E-state index contributed by atoms with van der Waals surface area (Å²) in [5, 5.41) is 0. The van der Waals surface area contributed by atoms with Gasteiger partial charge in [-0.2, -0.15) is 17.6 Å². The molecule has 0 spiro atoms. The van der Waals surface area contributed by atoms with Gasteiger partial charge in [0.05, 0.1) is 11.1 Å². The summed E-state index contributed by atoms with van der Waals surface area (Å²) in [4.78, 5) is 23.1. The van der Waals surface area contributed by atoms with Crippen molar-refractivity contribution < 1.29 is 46.1 Å². The highest BCUT2D eigenvalue weighted by Crippen LogP contribution is 2.36. The molecule has 0 aliphatic heterocycles. The molecule has 6 nitrogen and oxygen atoms in total. The van der Waals surface area contributed by atoms with Gasteiger partial charge in [-0.25, -0.2) is 9.59 Å². The largest absolute Gasteiger partial charge is 0.429 e. The molecule has 10 heteroatoms. The standard InChI is InChI=1S/C28H22F4O6.2C2H6/c1-17(2)25(33)35-21-9-5-19(6-10-21)27(29,30)37-23-13-15-24(16-14-23)38-28(31,32)20-7-11-22(12-8-20)36-26(34)18(3)4;2*1-2/h5-16H,1,3H2,2,4H3;2*1-2H3. The molecule has 0 aliphatic rings. The van der Waals surface area contributed by atoms with E-state index in [1.165, 1.54) is 38.1 Å². The fourth-order valence-corrected chi connectivity index (χ4v) is 2.81. The summed E-state index contributed by atoms with van der Waals surface area (Å²) in [5.41, 5.74) is -0.770. The van der Waals surface area contributed by atoms with Crippen LogP contribution < -0.4 is 18.9 Å². The van der Waals surface area contributed by atoms with Gasteiger partial charge in [0.25, 0.3) is 0 Å². The van der Waals surface area contributed by atoms with Crippen LogP contribution >= 0.6 is 0 Å². The Morgan fingerprint density at radius 2 is 0.762 bits per heavy atom. The third kappa shape index (κ3) is 10.4. The summed E-state index contributed by atoms with van der Waals surface area (Å²) in [6.07, 6.45) is -7.56. The monoisotopic (exact) mass is 590 g/mol. The topological polar surface area (TPSA) is 71.1 Å². The van der Waals surface area contributed by atoms with Gasteiger partial charge < -0.3 is 18.9 Å². The van der Waals surface area contributed by atoms with Crippen LogP contribution in [-0.2, 0) is 21.8 Å². The van der Waals surface area contributed by atoms with Crippen molar-refractivity contribution in [2.75, 3.05) is 0 Å². The number of benzene rings is 3. The van der Waals surface area contributed by atoms with Crippen molar-refractivity contribution in [1.82, 2.24) is 0 Å². The lowest BCUT2D eigenvalue weighted by atomic mass is 10.2. The molecule has 0 atom stereocenters. The van der Waals surface area contributed by atoms with E-state index in [-0.39, 0.29) is 34.1 Å². The quantitative estimate of drug-likeness (QED) is 0.102. The minimum Gasteiger partial charge on any atom is -0.429 e. The second kappa shape index (κ2) is 16.0. The summed E-state index contributed by atoms with van der Waals surface area (Å²) < 4.78 is 77.7. The maximum Gasteiger partial charge on any atom is 0.426 e. The molecule has 0 saturated heterocycles. The van der Waals surface area contributed by atoms with Crippen LogP contribution in [0.5, 0.6) is 23.0 Å². The maximum absolute atomic E-state index is 14.6. The lowest BCUT2D eigenvalue weighted by molar-refractivity contribution is -0.188. The van der Waals surface area contributed by atoms with Crippen molar-refractivity contribution in [3.8, 4) is 23.0 Å². The summed E-state index contributed by atoms with van der Waals surface area (Å²) in [7, 11) is 0. The van der Waals surface area contributed by atoms with Crippen LogP contribution in [0.1, 0.15) is 52.7 Å². The minimum atomic E-state index is -3.78. The Kier molecular flexibility index (Phi) is 13.5. The van der Waals surface area contributed by atoms with Gasteiger partial charge in [0, 0.05) is 11.1 Å². The molecule has 3 rings (SSSR count). The van der Waals surface area contributed by atoms with Gasteiger partial charge >= 0.3 is 24.2 Å². The van der Waals surface area contributed by atoms with Gasteiger partial charge in [-0.3, -0.25) is 0 Å². The highest BCUT2D eigenvalue weighted by Gasteiger charge is 2.36. The Labute approximate surface area is 243 Å². The van der Waals surface area contributed by atoms with E-state index >= 15 is 0 Å². The summed E-state index contributed by atoms with van der Waals surface area (Å²) in [6.45, 7) is 17.7. The molecular formula is C32H34F4O6. The molecule has 0 radical (unpaired) electrons. The summed E-state index contributed by atoms with van der Waals surface area (Å²) in [5.74, 6) is -1.94. The van der Waals surface area contributed by atoms with Crippen molar-refractivity contribution in [2.24, 2.45) is 0 Å². The molecule has 0 bridgehead atoms. The zero-order chi connectivity index (χ0) is 32.1. The first kappa shape index (κ1) is 35.4. The van der Waals surface area contributed by atoms with Crippen molar-refractivity contribution >= 4 is 11.9 Å². The fourth-order valence-electron chi connectivity index (χ4n) is 2.81. The molecule has 0 saturated carbocycles. The van der Waals surface area contributed by atoms with Gasteiger partial charge in [0.1, 0.15) is 23.0 Å². The molecule has 226 valence electrons. The summed E-state index contributed by atoms with van der Waals surface area (Å²) in [6, 6.07) is 12.9. The van der Waals surface area contributed by atoms with Crippen molar-refractivity contribution in [3.63, 3.8) is 0 Å².